The average Bonchev–Trinajstić information content (AvgIpc) is 3.26. The van der Waals surface area contributed by atoms with Gasteiger partial charge in [-0.2, -0.15) is 18.3 Å². The lowest BCUT2D eigenvalue weighted by Gasteiger charge is -2.27. The van der Waals surface area contributed by atoms with E-state index in [2.05, 4.69) is 27.3 Å². The Morgan fingerprint density at radius 1 is 1.14 bits per heavy atom. The van der Waals surface area contributed by atoms with Crippen LogP contribution in [0.2, 0.25) is 0 Å². The number of hydrogen-bond donors (Lipinski definition) is 1. The molecule has 1 saturated carbocycles. The molecule has 0 spiro atoms. The van der Waals surface area contributed by atoms with Crippen molar-refractivity contribution in [2.24, 2.45) is 13.0 Å². The molecule has 4 rings (SSSR count). The molecule has 0 aliphatic heterocycles. The Labute approximate surface area is 202 Å². The number of hydrogen-bond acceptors (Lipinski definition) is 6. The number of benzene rings is 1. The van der Waals surface area contributed by atoms with Crippen LogP contribution in [0.4, 0.5) is 24.8 Å². The number of alkyl halides is 3. The molecule has 1 aliphatic carbocycles. The Morgan fingerprint density at radius 3 is 2.43 bits per heavy atom. The number of rotatable bonds is 6. The summed E-state index contributed by atoms with van der Waals surface area (Å²) in [4.78, 5) is 8.21. The van der Waals surface area contributed by atoms with Crippen molar-refractivity contribution in [3.8, 4) is 11.3 Å². The van der Waals surface area contributed by atoms with E-state index in [9.17, 15) is 21.6 Å². The highest BCUT2D eigenvalue weighted by molar-refractivity contribution is 7.92. The molecule has 1 N–H and O–H groups in total. The minimum atomic E-state index is -4.63. The zero-order chi connectivity index (χ0) is 25.4. The topological polar surface area (TPSA) is 89.8 Å². The Balaban J connectivity index is 1.59. The summed E-state index contributed by atoms with van der Waals surface area (Å²) in [7, 11) is -1.86. The molecule has 2 aromatic heterocycles. The third-order valence-corrected chi connectivity index (χ3v) is 8.92. The van der Waals surface area contributed by atoms with E-state index in [1.165, 1.54) is 23.1 Å². The van der Waals surface area contributed by atoms with Gasteiger partial charge in [0.05, 0.1) is 22.0 Å². The fourth-order valence-electron chi connectivity index (χ4n) is 4.53. The van der Waals surface area contributed by atoms with Crippen molar-refractivity contribution in [2.75, 3.05) is 5.32 Å². The Kier molecular flexibility index (Phi) is 6.90. The lowest BCUT2D eigenvalue weighted by Crippen LogP contribution is -2.27. The molecular formula is C24H28F3N5O2S. The highest BCUT2D eigenvalue weighted by Crippen LogP contribution is 2.37. The zero-order valence-corrected chi connectivity index (χ0v) is 20.6. The number of nitrogens with one attached hydrogen (secondary N) is 1. The third kappa shape index (κ3) is 5.34. The van der Waals surface area contributed by atoms with Crippen LogP contribution < -0.4 is 5.32 Å². The summed E-state index contributed by atoms with van der Waals surface area (Å²) in [5, 5.41) is 6.48. The van der Waals surface area contributed by atoms with Crippen LogP contribution in [-0.4, -0.2) is 33.4 Å². The molecule has 0 radical (unpaired) electrons. The van der Waals surface area contributed by atoms with E-state index < -0.39 is 21.6 Å². The summed E-state index contributed by atoms with van der Waals surface area (Å²) in [5.41, 5.74) is 0.0890. The predicted octanol–water partition coefficient (Wildman–Crippen LogP) is 5.69. The molecule has 7 nitrogen and oxygen atoms in total. The average molecular weight is 508 g/mol. The standard InChI is InChI=1S/C24H28F3N5O2S/c1-4-16-5-7-18(8-6-16)35(33,34)19-9-10-21(15(2)11-19)30-23-28-13-20(24(25,26)27)22(31-23)17-12-29-32(3)14-17/h9-14,16,18H,4-8H2,1-3H3,(H,28,30,31)/t16-,18-. The maximum Gasteiger partial charge on any atom is 0.419 e. The molecule has 188 valence electrons. The molecule has 1 aliphatic rings. The fraction of sp³-hybridized carbons (Fsp3) is 0.458. The first-order chi connectivity index (χ1) is 16.5. The van der Waals surface area contributed by atoms with Gasteiger partial charge in [0, 0.05) is 30.7 Å². The van der Waals surface area contributed by atoms with Crippen LogP contribution in [0.1, 0.15) is 50.2 Å². The Hall–Kier alpha value is -2.95. The van der Waals surface area contributed by atoms with Gasteiger partial charge in [-0.05, 0) is 62.3 Å². The van der Waals surface area contributed by atoms with Crippen LogP contribution in [0.25, 0.3) is 11.3 Å². The molecule has 2 heterocycles. The molecule has 35 heavy (non-hydrogen) atoms. The summed E-state index contributed by atoms with van der Waals surface area (Å²) in [5.74, 6) is 0.559. The second-order valence-electron chi connectivity index (χ2n) is 9.05. The fourth-order valence-corrected chi connectivity index (χ4v) is 6.41. The van der Waals surface area contributed by atoms with Crippen LogP contribution in [0, 0.1) is 12.8 Å². The molecule has 0 unspecified atom stereocenters. The number of nitrogens with zero attached hydrogens (tertiary/aromatic N) is 4. The van der Waals surface area contributed by atoms with E-state index in [4.69, 9.17) is 0 Å². The minimum Gasteiger partial charge on any atom is -0.324 e. The Bertz CT molecular complexity index is 1310. The number of aromatic nitrogens is 4. The SMILES string of the molecule is CC[C@H]1CC[C@H](S(=O)(=O)c2ccc(Nc3ncc(C(F)(F)F)c(-c4cnn(C)c4)n3)c(C)c2)CC1. The summed E-state index contributed by atoms with van der Waals surface area (Å²) < 4.78 is 68.3. The van der Waals surface area contributed by atoms with Crippen LogP contribution >= 0.6 is 0 Å². The molecule has 0 bridgehead atoms. The van der Waals surface area contributed by atoms with E-state index in [0.717, 1.165) is 25.5 Å². The monoisotopic (exact) mass is 507 g/mol. The van der Waals surface area contributed by atoms with Crippen molar-refractivity contribution in [3.05, 3.63) is 47.9 Å². The summed E-state index contributed by atoms with van der Waals surface area (Å²) in [6.07, 6.45) is 3.09. The first-order valence-electron chi connectivity index (χ1n) is 11.5. The van der Waals surface area contributed by atoms with Gasteiger partial charge in [-0.3, -0.25) is 4.68 Å². The van der Waals surface area contributed by atoms with E-state index in [1.807, 2.05) is 0 Å². The predicted molar refractivity (Wildman–Crippen MR) is 127 cm³/mol. The molecule has 1 aromatic carbocycles. The van der Waals surface area contributed by atoms with Gasteiger partial charge in [-0.15, -0.1) is 0 Å². The van der Waals surface area contributed by atoms with Gasteiger partial charge in [0.2, 0.25) is 5.95 Å². The molecular weight excluding hydrogens is 479 g/mol. The largest absolute Gasteiger partial charge is 0.419 e. The van der Waals surface area contributed by atoms with Gasteiger partial charge >= 0.3 is 6.18 Å². The first-order valence-corrected chi connectivity index (χ1v) is 13.1. The smallest absolute Gasteiger partial charge is 0.324 e. The maximum absolute atomic E-state index is 13.5. The second kappa shape index (κ2) is 9.60. The van der Waals surface area contributed by atoms with Gasteiger partial charge < -0.3 is 5.32 Å². The highest BCUT2D eigenvalue weighted by atomic mass is 32.2. The van der Waals surface area contributed by atoms with Crippen molar-refractivity contribution >= 4 is 21.5 Å². The molecule has 0 amide bonds. The van der Waals surface area contributed by atoms with E-state index in [1.54, 1.807) is 26.1 Å². The molecule has 0 saturated heterocycles. The lowest BCUT2D eigenvalue weighted by atomic mass is 9.87. The van der Waals surface area contributed by atoms with Crippen LogP contribution in [0.15, 0.2) is 41.7 Å². The van der Waals surface area contributed by atoms with Gasteiger partial charge in [0.15, 0.2) is 9.84 Å². The quantitative estimate of drug-likeness (QED) is 0.461. The minimum absolute atomic E-state index is 0.0338. The third-order valence-electron chi connectivity index (χ3n) is 6.66. The van der Waals surface area contributed by atoms with Gasteiger partial charge in [0.1, 0.15) is 5.56 Å². The van der Waals surface area contributed by atoms with Gasteiger partial charge in [-0.25, -0.2) is 18.4 Å². The van der Waals surface area contributed by atoms with Crippen LogP contribution in [-0.2, 0) is 23.1 Å². The lowest BCUT2D eigenvalue weighted by molar-refractivity contribution is -0.137. The van der Waals surface area contributed by atoms with Gasteiger partial charge in [-0.1, -0.05) is 13.3 Å². The summed E-state index contributed by atoms with van der Waals surface area (Å²) >= 11 is 0. The number of halogens is 3. The normalized spacial score (nSPS) is 19.0. The van der Waals surface area contributed by atoms with Crippen molar-refractivity contribution in [3.63, 3.8) is 0 Å². The molecule has 3 aromatic rings. The highest BCUT2D eigenvalue weighted by Gasteiger charge is 2.36. The summed E-state index contributed by atoms with van der Waals surface area (Å²) in [6, 6.07) is 4.73. The Morgan fingerprint density at radius 2 is 1.86 bits per heavy atom. The summed E-state index contributed by atoms with van der Waals surface area (Å²) in [6.45, 7) is 3.87. The second-order valence-corrected chi connectivity index (χ2v) is 11.3. The van der Waals surface area contributed by atoms with Crippen LogP contribution in [0.3, 0.4) is 0 Å². The number of anilines is 2. The zero-order valence-electron chi connectivity index (χ0n) is 19.8. The number of aryl methyl sites for hydroxylation is 2. The maximum atomic E-state index is 13.5. The number of sulfone groups is 1. The van der Waals surface area contributed by atoms with Crippen molar-refractivity contribution in [2.45, 2.75) is 62.3 Å². The van der Waals surface area contributed by atoms with Crippen molar-refractivity contribution < 1.29 is 21.6 Å². The van der Waals surface area contributed by atoms with Gasteiger partial charge in [0.25, 0.3) is 0 Å². The van der Waals surface area contributed by atoms with E-state index in [-0.39, 0.29) is 27.4 Å². The molecule has 11 heteroatoms. The van der Waals surface area contributed by atoms with E-state index >= 15 is 0 Å². The van der Waals surface area contributed by atoms with E-state index in [0.29, 0.717) is 30.0 Å². The van der Waals surface area contributed by atoms with Crippen molar-refractivity contribution in [1.29, 1.82) is 0 Å². The van der Waals surface area contributed by atoms with Crippen molar-refractivity contribution in [1.82, 2.24) is 19.7 Å². The molecule has 0 atom stereocenters. The van der Waals surface area contributed by atoms with Crippen LogP contribution in [0.5, 0.6) is 0 Å². The molecule has 1 fully saturated rings. The first kappa shape index (κ1) is 25.2.